The molecule has 1 atom stereocenters. The van der Waals surface area contributed by atoms with Gasteiger partial charge in [-0.25, -0.2) is 0 Å². The van der Waals surface area contributed by atoms with Gasteiger partial charge in [-0.1, -0.05) is 13.8 Å². The van der Waals surface area contributed by atoms with E-state index in [0.717, 1.165) is 10.2 Å². The summed E-state index contributed by atoms with van der Waals surface area (Å²) in [6.07, 6.45) is 3.59. The van der Waals surface area contributed by atoms with Crippen LogP contribution in [0.4, 0.5) is 5.69 Å². The zero-order valence-corrected chi connectivity index (χ0v) is 11.0. The molecule has 1 aromatic heterocycles. The third-order valence-corrected chi connectivity index (χ3v) is 2.96. The van der Waals surface area contributed by atoms with Crippen molar-refractivity contribution in [1.29, 1.82) is 0 Å². The minimum atomic E-state index is -0.111. The third kappa shape index (κ3) is 3.90. The van der Waals surface area contributed by atoms with E-state index in [1.807, 2.05) is 13.8 Å². The van der Waals surface area contributed by atoms with Gasteiger partial charge in [-0.05, 0) is 27.9 Å². The number of carbonyl (C=O) groups excluding carboxylic acids is 1. The van der Waals surface area contributed by atoms with Crippen molar-refractivity contribution in [2.24, 2.45) is 11.7 Å². The van der Waals surface area contributed by atoms with Crippen LogP contribution in [0.15, 0.2) is 22.9 Å². The number of carbonyl (C=O) groups is 1. The molecule has 0 spiro atoms. The molecule has 0 radical (unpaired) electrons. The van der Waals surface area contributed by atoms with E-state index in [1.54, 1.807) is 18.5 Å². The van der Waals surface area contributed by atoms with E-state index < -0.39 is 0 Å². The predicted octanol–water partition coefficient (Wildman–Crippen LogP) is 2.16. The number of rotatable bonds is 4. The van der Waals surface area contributed by atoms with Crippen molar-refractivity contribution in [2.75, 3.05) is 5.32 Å². The molecule has 1 unspecified atom stereocenters. The summed E-state index contributed by atoms with van der Waals surface area (Å²) in [6, 6.07) is 1.63. The SMILES string of the molecule is CC(C)C(N)CC(=O)Nc1ccncc1Br. The van der Waals surface area contributed by atoms with E-state index >= 15 is 0 Å². The Morgan fingerprint density at radius 3 is 2.88 bits per heavy atom. The van der Waals surface area contributed by atoms with E-state index in [0.29, 0.717) is 12.3 Å². The fourth-order valence-corrected chi connectivity index (χ4v) is 1.48. The Labute approximate surface area is 104 Å². The summed E-state index contributed by atoms with van der Waals surface area (Å²) in [6.45, 7) is 4.00. The monoisotopic (exact) mass is 285 g/mol. The van der Waals surface area contributed by atoms with Crippen LogP contribution in [0.1, 0.15) is 20.3 Å². The summed E-state index contributed by atoms with van der Waals surface area (Å²) < 4.78 is 0.765. The van der Waals surface area contributed by atoms with Crippen molar-refractivity contribution in [3.05, 3.63) is 22.9 Å². The van der Waals surface area contributed by atoms with Crippen molar-refractivity contribution < 1.29 is 4.79 Å². The number of hydrogen-bond acceptors (Lipinski definition) is 3. The number of aromatic nitrogens is 1. The standard InChI is InChI=1S/C11H16BrN3O/c1-7(2)9(13)5-11(16)15-10-3-4-14-6-8(10)12/h3-4,6-7,9H,5,13H2,1-2H3,(H,14,15,16). The van der Waals surface area contributed by atoms with E-state index in [9.17, 15) is 4.79 Å². The number of nitrogens with one attached hydrogen (secondary N) is 1. The summed E-state index contributed by atoms with van der Waals surface area (Å²) in [5.74, 6) is 0.222. The molecule has 0 aliphatic carbocycles. The smallest absolute Gasteiger partial charge is 0.225 e. The molecule has 1 rings (SSSR count). The van der Waals surface area contributed by atoms with Gasteiger partial charge in [0.1, 0.15) is 0 Å². The molecule has 0 aliphatic rings. The molecule has 0 aromatic carbocycles. The average Bonchev–Trinajstić information content (AvgIpc) is 2.21. The lowest BCUT2D eigenvalue weighted by atomic mass is 10.0. The molecule has 1 heterocycles. The average molecular weight is 286 g/mol. The minimum Gasteiger partial charge on any atom is -0.327 e. The van der Waals surface area contributed by atoms with Crippen LogP contribution in [0.5, 0.6) is 0 Å². The van der Waals surface area contributed by atoms with Gasteiger partial charge in [0.25, 0.3) is 0 Å². The summed E-state index contributed by atoms with van der Waals surface area (Å²) in [5, 5.41) is 2.79. The normalized spacial score (nSPS) is 12.6. The number of amides is 1. The molecule has 88 valence electrons. The van der Waals surface area contributed by atoms with Crippen LogP contribution in [0.2, 0.25) is 0 Å². The second-order valence-electron chi connectivity index (χ2n) is 4.02. The Balaban J connectivity index is 2.55. The number of hydrogen-bond donors (Lipinski definition) is 2. The molecule has 3 N–H and O–H groups in total. The molecule has 0 saturated heterocycles. The highest BCUT2D eigenvalue weighted by Gasteiger charge is 2.13. The second kappa shape index (κ2) is 5.96. The molecular formula is C11H16BrN3O. The number of nitrogens with zero attached hydrogens (tertiary/aromatic N) is 1. The maximum absolute atomic E-state index is 11.6. The van der Waals surface area contributed by atoms with Crippen LogP contribution in [0.3, 0.4) is 0 Å². The number of pyridine rings is 1. The number of anilines is 1. The van der Waals surface area contributed by atoms with Gasteiger partial charge in [0, 0.05) is 24.9 Å². The first-order valence-electron chi connectivity index (χ1n) is 5.15. The maximum atomic E-state index is 11.6. The lowest BCUT2D eigenvalue weighted by Gasteiger charge is -2.15. The Hall–Kier alpha value is -0.940. The van der Waals surface area contributed by atoms with Crippen LogP contribution in [-0.4, -0.2) is 16.9 Å². The van der Waals surface area contributed by atoms with Gasteiger partial charge < -0.3 is 11.1 Å². The molecule has 0 aliphatic heterocycles. The fourth-order valence-electron chi connectivity index (χ4n) is 1.13. The van der Waals surface area contributed by atoms with Crippen LogP contribution >= 0.6 is 15.9 Å². The van der Waals surface area contributed by atoms with Gasteiger partial charge in [-0.15, -0.1) is 0 Å². The van der Waals surface area contributed by atoms with Gasteiger partial charge in [0.15, 0.2) is 0 Å². The topological polar surface area (TPSA) is 68.0 Å². The highest BCUT2D eigenvalue weighted by Crippen LogP contribution is 2.20. The molecule has 4 nitrogen and oxygen atoms in total. The summed E-state index contributed by atoms with van der Waals surface area (Å²) in [7, 11) is 0. The molecule has 5 heteroatoms. The van der Waals surface area contributed by atoms with Gasteiger partial charge in [-0.2, -0.15) is 0 Å². The maximum Gasteiger partial charge on any atom is 0.225 e. The Morgan fingerprint density at radius 2 is 2.31 bits per heavy atom. The first-order chi connectivity index (χ1) is 7.50. The van der Waals surface area contributed by atoms with Gasteiger partial charge in [0.05, 0.1) is 10.2 Å². The largest absolute Gasteiger partial charge is 0.327 e. The molecule has 1 aromatic rings. The second-order valence-corrected chi connectivity index (χ2v) is 4.87. The molecule has 0 bridgehead atoms. The Bertz CT molecular complexity index is 368. The van der Waals surface area contributed by atoms with Crippen molar-refractivity contribution in [3.8, 4) is 0 Å². The Kier molecular flexibility index (Phi) is 4.89. The summed E-state index contributed by atoms with van der Waals surface area (Å²) in [5.41, 5.74) is 6.54. The van der Waals surface area contributed by atoms with E-state index in [-0.39, 0.29) is 11.9 Å². The first-order valence-corrected chi connectivity index (χ1v) is 5.95. The Morgan fingerprint density at radius 1 is 1.62 bits per heavy atom. The van der Waals surface area contributed by atoms with E-state index in [2.05, 4.69) is 26.2 Å². The zero-order chi connectivity index (χ0) is 12.1. The van der Waals surface area contributed by atoms with Crippen molar-refractivity contribution in [1.82, 2.24) is 4.98 Å². The van der Waals surface area contributed by atoms with Crippen LogP contribution < -0.4 is 11.1 Å². The van der Waals surface area contributed by atoms with Gasteiger partial charge in [0.2, 0.25) is 5.91 Å². The molecule has 0 fully saturated rings. The molecule has 16 heavy (non-hydrogen) atoms. The van der Waals surface area contributed by atoms with Crippen LogP contribution in [0, 0.1) is 5.92 Å². The van der Waals surface area contributed by atoms with Crippen molar-refractivity contribution >= 4 is 27.5 Å². The molecular weight excluding hydrogens is 270 g/mol. The number of nitrogens with two attached hydrogens (primary N) is 1. The molecule has 0 saturated carbocycles. The van der Waals surface area contributed by atoms with Crippen molar-refractivity contribution in [3.63, 3.8) is 0 Å². The minimum absolute atomic E-state index is 0.0758. The quantitative estimate of drug-likeness (QED) is 0.891. The lowest BCUT2D eigenvalue weighted by Crippen LogP contribution is -2.31. The summed E-state index contributed by atoms with van der Waals surface area (Å²) in [4.78, 5) is 15.6. The zero-order valence-electron chi connectivity index (χ0n) is 9.40. The predicted molar refractivity (Wildman–Crippen MR) is 68.0 cm³/mol. The lowest BCUT2D eigenvalue weighted by molar-refractivity contribution is -0.116. The van der Waals surface area contributed by atoms with E-state index in [1.165, 1.54) is 0 Å². The highest BCUT2D eigenvalue weighted by molar-refractivity contribution is 9.10. The summed E-state index contributed by atoms with van der Waals surface area (Å²) >= 11 is 3.31. The fraction of sp³-hybridized carbons (Fsp3) is 0.455. The van der Waals surface area contributed by atoms with Gasteiger partial charge >= 0.3 is 0 Å². The highest BCUT2D eigenvalue weighted by atomic mass is 79.9. The van der Waals surface area contributed by atoms with Crippen LogP contribution in [0.25, 0.3) is 0 Å². The van der Waals surface area contributed by atoms with Crippen molar-refractivity contribution in [2.45, 2.75) is 26.3 Å². The first kappa shape index (κ1) is 13.1. The van der Waals surface area contributed by atoms with Crippen LogP contribution in [-0.2, 0) is 4.79 Å². The van der Waals surface area contributed by atoms with E-state index in [4.69, 9.17) is 5.73 Å². The molecule has 1 amide bonds. The third-order valence-electron chi connectivity index (χ3n) is 2.32. The number of halogens is 1. The van der Waals surface area contributed by atoms with Gasteiger partial charge in [-0.3, -0.25) is 9.78 Å².